The molecule has 2 atom stereocenters. The van der Waals surface area contributed by atoms with E-state index in [-0.39, 0.29) is 23.2 Å². The SMILES string of the molecule is COC(=O)c1cc(Oc2ccc3c(c2)C[C@@H](N(C[C@@H](O)c2ccc(Cl)cc2)C(=O)OC(C)(C)C)CC3)ccc1Cl. The van der Waals surface area contributed by atoms with Crippen molar-refractivity contribution in [3.8, 4) is 11.5 Å². The molecule has 0 saturated heterocycles. The first-order valence-electron chi connectivity index (χ1n) is 13.0. The summed E-state index contributed by atoms with van der Waals surface area (Å²) < 4.78 is 16.6. The van der Waals surface area contributed by atoms with Gasteiger partial charge in [-0.1, -0.05) is 41.4 Å². The molecule has 0 radical (unpaired) electrons. The van der Waals surface area contributed by atoms with Gasteiger partial charge in [0, 0.05) is 11.1 Å². The molecule has 0 bridgehead atoms. The first-order valence-corrected chi connectivity index (χ1v) is 13.8. The molecule has 3 aromatic rings. The van der Waals surface area contributed by atoms with Crippen molar-refractivity contribution in [2.24, 2.45) is 0 Å². The molecule has 3 aromatic carbocycles. The van der Waals surface area contributed by atoms with Crippen molar-refractivity contribution < 1.29 is 28.9 Å². The summed E-state index contributed by atoms with van der Waals surface area (Å²) in [7, 11) is 1.29. The zero-order valence-corrected chi connectivity index (χ0v) is 24.5. The van der Waals surface area contributed by atoms with Gasteiger partial charge < -0.3 is 24.2 Å². The minimum Gasteiger partial charge on any atom is -0.465 e. The Kier molecular flexibility index (Phi) is 9.29. The number of amides is 1. The highest BCUT2D eigenvalue weighted by atomic mass is 35.5. The lowest BCUT2D eigenvalue weighted by atomic mass is 9.87. The van der Waals surface area contributed by atoms with Gasteiger partial charge in [-0.3, -0.25) is 0 Å². The second kappa shape index (κ2) is 12.5. The van der Waals surface area contributed by atoms with Gasteiger partial charge in [-0.05, 0) is 99.2 Å². The molecule has 9 heteroatoms. The summed E-state index contributed by atoms with van der Waals surface area (Å²) in [4.78, 5) is 27.0. The molecular formula is C31H33Cl2NO6. The van der Waals surface area contributed by atoms with Gasteiger partial charge in [0.25, 0.3) is 0 Å². The van der Waals surface area contributed by atoms with Crippen LogP contribution in [0.2, 0.25) is 10.0 Å². The number of aliphatic hydroxyl groups excluding tert-OH is 1. The molecule has 0 heterocycles. The van der Waals surface area contributed by atoms with E-state index in [9.17, 15) is 14.7 Å². The van der Waals surface area contributed by atoms with Gasteiger partial charge in [-0.25, -0.2) is 9.59 Å². The van der Waals surface area contributed by atoms with E-state index in [4.69, 9.17) is 37.4 Å². The lowest BCUT2D eigenvalue weighted by Gasteiger charge is -2.37. The summed E-state index contributed by atoms with van der Waals surface area (Å²) in [6.07, 6.45) is 0.657. The van der Waals surface area contributed by atoms with Gasteiger partial charge in [-0.2, -0.15) is 0 Å². The number of benzene rings is 3. The highest BCUT2D eigenvalue weighted by molar-refractivity contribution is 6.33. The smallest absolute Gasteiger partial charge is 0.410 e. The van der Waals surface area contributed by atoms with Crippen molar-refractivity contribution in [2.45, 2.75) is 57.8 Å². The van der Waals surface area contributed by atoms with Crippen LogP contribution in [0.4, 0.5) is 4.79 Å². The number of nitrogens with zero attached hydrogens (tertiary/aromatic N) is 1. The topological polar surface area (TPSA) is 85.3 Å². The average Bonchev–Trinajstić information content (AvgIpc) is 2.91. The predicted octanol–water partition coefficient (Wildman–Crippen LogP) is 7.40. The molecule has 0 fully saturated rings. The number of hydrogen-bond donors (Lipinski definition) is 1. The minimum absolute atomic E-state index is 0.0772. The fraction of sp³-hybridized carbons (Fsp3) is 0.355. The zero-order valence-electron chi connectivity index (χ0n) is 22.9. The Morgan fingerprint density at radius 3 is 2.35 bits per heavy atom. The van der Waals surface area contributed by atoms with Crippen LogP contribution in [0.3, 0.4) is 0 Å². The van der Waals surface area contributed by atoms with Gasteiger partial charge in [-0.15, -0.1) is 0 Å². The third-order valence-electron chi connectivity index (χ3n) is 6.65. The highest BCUT2D eigenvalue weighted by Gasteiger charge is 2.33. The molecule has 0 unspecified atom stereocenters. The fourth-order valence-corrected chi connectivity index (χ4v) is 5.00. The Balaban J connectivity index is 1.56. The number of aliphatic hydroxyl groups is 1. The van der Waals surface area contributed by atoms with Crippen LogP contribution in [0.15, 0.2) is 60.7 Å². The standard InChI is InChI=1S/C31H33Cl2NO6/c1-31(2,3)40-30(37)34(18-28(35)20-5-9-22(32)10-6-20)23-11-7-19-8-12-24(16-21(19)15-23)39-25-13-14-27(33)26(17-25)29(36)38-4/h5-6,8-10,12-14,16-17,23,28,35H,7,11,15,18H2,1-4H3/t23-,28+/m0/s1. The van der Waals surface area contributed by atoms with Crippen LogP contribution in [0.25, 0.3) is 0 Å². The van der Waals surface area contributed by atoms with Crippen molar-refractivity contribution >= 4 is 35.3 Å². The normalized spacial score (nSPS) is 15.5. The number of esters is 1. The number of fused-ring (bicyclic) bond motifs is 1. The summed E-state index contributed by atoms with van der Waals surface area (Å²) in [6.45, 7) is 5.54. The van der Waals surface area contributed by atoms with E-state index in [2.05, 4.69) is 0 Å². The van der Waals surface area contributed by atoms with Gasteiger partial charge in [0.1, 0.15) is 17.1 Å². The molecule has 0 aromatic heterocycles. The maximum atomic E-state index is 13.3. The molecule has 40 heavy (non-hydrogen) atoms. The lowest BCUT2D eigenvalue weighted by molar-refractivity contribution is 0.00194. The molecule has 0 aliphatic heterocycles. The van der Waals surface area contributed by atoms with E-state index in [1.807, 2.05) is 39.0 Å². The lowest BCUT2D eigenvalue weighted by Crippen LogP contribution is -2.47. The summed E-state index contributed by atoms with van der Waals surface area (Å²) in [5.74, 6) is 0.480. The third-order valence-corrected chi connectivity index (χ3v) is 7.23. The van der Waals surface area contributed by atoms with Crippen molar-refractivity contribution in [3.05, 3.63) is 93.0 Å². The molecule has 7 nitrogen and oxygen atoms in total. The van der Waals surface area contributed by atoms with Gasteiger partial charge in [0.2, 0.25) is 0 Å². The first-order chi connectivity index (χ1) is 18.9. The Bertz CT molecular complexity index is 1370. The number of aryl methyl sites for hydroxylation is 1. The number of carbonyl (C=O) groups is 2. The van der Waals surface area contributed by atoms with Crippen molar-refractivity contribution in [3.63, 3.8) is 0 Å². The van der Waals surface area contributed by atoms with Crippen LogP contribution in [0, 0.1) is 0 Å². The van der Waals surface area contributed by atoms with Crippen LogP contribution >= 0.6 is 23.2 Å². The summed E-state index contributed by atoms with van der Waals surface area (Å²) in [6, 6.07) is 17.4. The second-order valence-electron chi connectivity index (χ2n) is 10.8. The number of halogens is 2. The van der Waals surface area contributed by atoms with E-state index in [1.165, 1.54) is 7.11 Å². The van der Waals surface area contributed by atoms with Crippen molar-refractivity contribution in [1.29, 1.82) is 0 Å². The number of carbonyl (C=O) groups excluding carboxylic acids is 2. The molecule has 1 aliphatic carbocycles. The maximum absolute atomic E-state index is 13.3. The second-order valence-corrected chi connectivity index (χ2v) is 11.6. The van der Waals surface area contributed by atoms with E-state index in [0.717, 1.165) is 24.0 Å². The number of hydrogen-bond acceptors (Lipinski definition) is 6. The molecule has 1 aliphatic rings. The van der Waals surface area contributed by atoms with Crippen LogP contribution in [0.1, 0.15) is 60.3 Å². The Morgan fingerprint density at radius 2 is 1.68 bits per heavy atom. The van der Waals surface area contributed by atoms with E-state index < -0.39 is 23.8 Å². The fourth-order valence-electron chi connectivity index (χ4n) is 4.68. The minimum atomic E-state index is -0.908. The zero-order chi connectivity index (χ0) is 29.0. The molecule has 4 rings (SSSR count). The quantitative estimate of drug-likeness (QED) is 0.291. The summed E-state index contributed by atoms with van der Waals surface area (Å²) in [5, 5.41) is 11.9. The third kappa shape index (κ3) is 7.47. The Labute approximate surface area is 244 Å². The molecule has 0 spiro atoms. The maximum Gasteiger partial charge on any atom is 0.410 e. The van der Waals surface area contributed by atoms with E-state index in [1.54, 1.807) is 47.4 Å². The molecule has 212 valence electrons. The molecule has 1 amide bonds. The Morgan fingerprint density at radius 1 is 1.00 bits per heavy atom. The van der Waals surface area contributed by atoms with Crippen LogP contribution in [0.5, 0.6) is 11.5 Å². The number of ether oxygens (including phenoxy) is 3. The van der Waals surface area contributed by atoms with Gasteiger partial charge in [0.05, 0.1) is 30.3 Å². The van der Waals surface area contributed by atoms with Crippen LogP contribution in [-0.2, 0) is 22.3 Å². The highest BCUT2D eigenvalue weighted by Crippen LogP contribution is 2.33. The van der Waals surface area contributed by atoms with Crippen molar-refractivity contribution in [2.75, 3.05) is 13.7 Å². The van der Waals surface area contributed by atoms with Crippen LogP contribution in [-0.4, -0.2) is 47.4 Å². The van der Waals surface area contributed by atoms with E-state index >= 15 is 0 Å². The summed E-state index contributed by atoms with van der Waals surface area (Å²) in [5.41, 5.74) is 2.39. The predicted molar refractivity (Wildman–Crippen MR) is 154 cm³/mol. The molecule has 1 N–H and O–H groups in total. The first kappa shape index (κ1) is 29.7. The van der Waals surface area contributed by atoms with Crippen LogP contribution < -0.4 is 4.74 Å². The van der Waals surface area contributed by atoms with Gasteiger partial charge in [0.15, 0.2) is 0 Å². The molecular weight excluding hydrogens is 553 g/mol. The van der Waals surface area contributed by atoms with Crippen molar-refractivity contribution in [1.82, 2.24) is 4.90 Å². The van der Waals surface area contributed by atoms with Gasteiger partial charge >= 0.3 is 12.1 Å². The number of methoxy groups -OCH3 is 1. The largest absolute Gasteiger partial charge is 0.465 e. The molecule has 0 saturated carbocycles. The average molecular weight is 587 g/mol. The monoisotopic (exact) mass is 585 g/mol. The number of rotatable bonds is 7. The van der Waals surface area contributed by atoms with E-state index in [0.29, 0.717) is 28.5 Å². The summed E-state index contributed by atoms with van der Waals surface area (Å²) >= 11 is 12.1. The Hall–Kier alpha value is -3.26.